The molecule has 1 fully saturated rings. The number of carbonyl (C=O) groups is 3. The largest absolute Gasteiger partial charge is 0.390 e. The molecule has 1 saturated carbocycles. The lowest BCUT2D eigenvalue weighted by atomic mass is 9.77. The summed E-state index contributed by atoms with van der Waals surface area (Å²) in [6.45, 7) is 3.68. The second-order valence-electron chi connectivity index (χ2n) is 8.74. The molecule has 0 spiro atoms. The van der Waals surface area contributed by atoms with Crippen LogP contribution < -0.4 is 21.7 Å². The molecule has 1 aromatic carbocycles. The fourth-order valence-corrected chi connectivity index (χ4v) is 4.03. The Bertz CT molecular complexity index is 805. The molecule has 10 heteroatoms. The molecule has 0 bridgehead atoms. The molecule has 2 rings (SSSR count). The van der Waals surface area contributed by atoms with Crippen LogP contribution in [0.3, 0.4) is 0 Å². The zero-order valence-corrected chi connectivity index (χ0v) is 18.6. The van der Waals surface area contributed by atoms with Gasteiger partial charge in [-0.05, 0) is 18.5 Å². The van der Waals surface area contributed by atoms with E-state index in [2.05, 4.69) is 16.0 Å². The minimum absolute atomic E-state index is 0.0536. The highest BCUT2D eigenvalue weighted by Gasteiger charge is 2.50. The van der Waals surface area contributed by atoms with Crippen molar-refractivity contribution in [1.29, 1.82) is 0 Å². The molecule has 1 aliphatic rings. The molecular formula is C22H34N4O6. The van der Waals surface area contributed by atoms with Crippen LogP contribution in [0, 0.1) is 5.92 Å². The summed E-state index contributed by atoms with van der Waals surface area (Å²) >= 11 is 0. The summed E-state index contributed by atoms with van der Waals surface area (Å²) in [7, 11) is 1.62. The Hall–Kier alpha value is -2.53. The number of hydrogen-bond acceptors (Lipinski definition) is 7. The third-order valence-corrected chi connectivity index (χ3v) is 5.85. The Morgan fingerprint density at radius 2 is 1.78 bits per heavy atom. The van der Waals surface area contributed by atoms with Crippen molar-refractivity contribution in [2.75, 3.05) is 7.05 Å². The number of aliphatic hydroxyl groups is 3. The van der Waals surface area contributed by atoms with Gasteiger partial charge in [0.1, 0.15) is 17.7 Å². The van der Waals surface area contributed by atoms with Gasteiger partial charge in [0.25, 0.3) is 5.91 Å². The molecule has 32 heavy (non-hydrogen) atoms. The predicted octanol–water partition coefficient (Wildman–Crippen LogP) is -1.83. The fraction of sp³-hybridized carbons (Fsp3) is 0.591. The molecule has 3 amide bonds. The number of rotatable bonds is 9. The van der Waals surface area contributed by atoms with Crippen LogP contribution in [0.2, 0.25) is 0 Å². The third-order valence-electron chi connectivity index (χ3n) is 5.85. The first-order valence-electron chi connectivity index (χ1n) is 10.7. The van der Waals surface area contributed by atoms with Crippen LogP contribution in [0.25, 0.3) is 0 Å². The number of nitrogens with two attached hydrogens (primary N) is 1. The average Bonchev–Trinajstić information content (AvgIpc) is 2.72. The van der Waals surface area contributed by atoms with E-state index < -0.39 is 60.1 Å². The summed E-state index contributed by atoms with van der Waals surface area (Å²) in [4.78, 5) is 37.4. The third kappa shape index (κ3) is 6.26. The maximum absolute atomic E-state index is 12.9. The smallest absolute Gasteiger partial charge is 0.252 e. The molecule has 0 saturated heterocycles. The van der Waals surface area contributed by atoms with Gasteiger partial charge in [0.2, 0.25) is 11.8 Å². The summed E-state index contributed by atoms with van der Waals surface area (Å²) < 4.78 is 0. The summed E-state index contributed by atoms with van der Waals surface area (Å²) in [5, 5.41) is 39.6. The number of hydrogen-bond donors (Lipinski definition) is 7. The zero-order valence-electron chi connectivity index (χ0n) is 18.6. The van der Waals surface area contributed by atoms with Crippen molar-refractivity contribution in [2.45, 2.75) is 69.0 Å². The maximum Gasteiger partial charge on any atom is 0.252 e. The van der Waals surface area contributed by atoms with Crippen LogP contribution in [0.4, 0.5) is 0 Å². The van der Waals surface area contributed by atoms with Gasteiger partial charge in [0.05, 0.1) is 18.2 Å². The van der Waals surface area contributed by atoms with Crippen LogP contribution in [0.1, 0.15) is 32.3 Å². The molecule has 0 aromatic heterocycles. The van der Waals surface area contributed by atoms with Gasteiger partial charge in [-0.25, -0.2) is 0 Å². The van der Waals surface area contributed by atoms with Gasteiger partial charge in [-0.15, -0.1) is 0 Å². The molecule has 0 radical (unpaired) electrons. The second kappa shape index (κ2) is 10.9. The summed E-state index contributed by atoms with van der Waals surface area (Å²) in [5.41, 5.74) is 4.08. The van der Waals surface area contributed by atoms with Gasteiger partial charge >= 0.3 is 0 Å². The Morgan fingerprint density at radius 1 is 1.16 bits per heavy atom. The van der Waals surface area contributed by atoms with E-state index in [4.69, 9.17) is 5.73 Å². The molecular weight excluding hydrogens is 416 g/mol. The van der Waals surface area contributed by atoms with Crippen LogP contribution in [0.5, 0.6) is 0 Å². The highest BCUT2D eigenvalue weighted by molar-refractivity contribution is 5.91. The van der Waals surface area contributed by atoms with Crippen LogP contribution in [-0.4, -0.2) is 76.0 Å². The summed E-state index contributed by atoms with van der Waals surface area (Å²) in [6, 6.07) is 6.21. The standard InChI is InChI=1S/C22H34N4O6/c1-12(2)17(24-3)20(30)25-15-10-22(32,11-16(27)18(15)28)21(31)26-14(19(23)29)9-13-7-5-4-6-8-13/h4-8,12,14-18,24,27-28,32H,9-11H2,1-3H3,(H2,23,29)(H,25,30)(H,26,31). The van der Waals surface area contributed by atoms with Crippen LogP contribution in [0.15, 0.2) is 30.3 Å². The minimum atomic E-state index is -2.12. The highest BCUT2D eigenvalue weighted by atomic mass is 16.3. The van der Waals surface area contributed by atoms with Crippen LogP contribution >= 0.6 is 0 Å². The number of aliphatic hydroxyl groups excluding tert-OH is 2. The van der Waals surface area contributed by atoms with Crippen molar-refractivity contribution in [3.63, 3.8) is 0 Å². The van der Waals surface area contributed by atoms with Crippen molar-refractivity contribution >= 4 is 17.7 Å². The number of amides is 3. The van der Waals surface area contributed by atoms with Gasteiger partial charge in [0.15, 0.2) is 0 Å². The molecule has 6 atom stereocenters. The van der Waals surface area contributed by atoms with E-state index in [0.29, 0.717) is 0 Å². The lowest BCUT2D eigenvalue weighted by molar-refractivity contribution is -0.161. The Kier molecular flexibility index (Phi) is 8.73. The molecule has 10 nitrogen and oxygen atoms in total. The first-order valence-corrected chi connectivity index (χ1v) is 10.7. The van der Waals surface area contributed by atoms with Gasteiger partial charge in [0, 0.05) is 19.3 Å². The van der Waals surface area contributed by atoms with E-state index >= 15 is 0 Å². The van der Waals surface area contributed by atoms with E-state index in [9.17, 15) is 29.7 Å². The first kappa shape index (κ1) is 25.7. The van der Waals surface area contributed by atoms with E-state index in [1.54, 1.807) is 31.3 Å². The van der Waals surface area contributed by atoms with Gasteiger partial charge in [-0.3, -0.25) is 14.4 Å². The Morgan fingerprint density at radius 3 is 2.31 bits per heavy atom. The molecule has 8 N–H and O–H groups in total. The monoisotopic (exact) mass is 450 g/mol. The number of primary amides is 1. The SMILES string of the molecule is CNC(C(=O)NC1CC(O)(C(=O)NC(Cc2ccccc2)C(N)=O)CC(O)C1O)C(C)C. The van der Waals surface area contributed by atoms with E-state index in [-0.39, 0.29) is 18.8 Å². The zero-order chi connectivity index (χ0) is 24.1. The van der Waals surface area contributed by atoms with Crippen molar-refractivity contribution in [3.05, 3.63) is 35.9 Å². The second-order valence-corrected chi connectivity index (χ2v) is 8.74. The number of carbonyl (C=O) groups excluding carboxylic acids is 3. The number of nitrogens with one attached hydrogen (secondary N) is 3. The molecule has 6 unspecified atom stereocenters. The normalized spacial score (nSPS) is 27.4. The van der Waals surface area contributed by atoms with Crippen LogP contribution in [-0.2, 0) is 20.8 Å². The molecule has 178 valence electrons. The van der Waals surface area contributed by atoms with E-state index in [1.165, 1.54) is 0 Å². The first-order chi connectivity index (χ1) is 15.0. The lowest BCUT2D eigenvalue weighted by Crippen LogP contribution is -2.65. The van der Waals surface area contributed by atoms with Gasteiger partial charge in [-0.1, -0.05) is 44.2 Å². The fourth-order valence-electron chi connectivity index (χ4n) is 4.03. The molecule has 1 aliphatic carbocycles. The minimum Gasteiger partial charge on any atom is -0.390 e. The number of likely N-dealkylation sites (N-methyl/N-ethyl adjacent to an activating group) is 1. The van der Waals surface area contributed by atoms with Crippen molar-refractivity contribution in [1.82, 2.24) is 16.0 Å². The highest BCUT2D eigenvalue weighted by Crippen LogP contribution is 2.30. The quantitative estimate of drug-likeness (QED) is 0.232. The van der Waals surface area contributed by atoms with Crippen molar-refractivity contribution in [3.8, 4) is 0 Å². The summed E-state index contributed by atoms with van der Waals surface area (Å²) in [5.74, 6) is -2.16. The molecule has 0 aliphatic heterocycles. The van der Waals surface area contributed by atoms with Gasteiger partial charge in [-0.2, -0.15) is 0 Å². The summed E-state index contributed by atoms with van der Waals surface area (Å²) in [6.07, 6.45) is -3.50. The Balaban J connectivity index is 2.14. The van der Waals surface area contributed by atoms with Gasteiger partial charge < -0.3 is 37.0 Å². The molecule has 1 aromatic rings. The van der Waals surface area contributed by atoms with E-state index in [0.717, 1.165) is 5.56 Å². The number of benzene rings is 1. The van der Waals surface area contributed by atoms with Crippen molar-refractivity contribution < 1.29 is 29.7 Å². The molecule has 0 heterocycles. The topological polar surface area (TPSA) is 174 Å². The Labute approximate surface area is 187 Å². The maximum atomic E-state index is 12.9. The average molecular weight is 451 g/mol. The predicted molar refractivity (Wildman–Crippen MR) is 117 cm³/mol. The lowest BCUT2D eigenvalue weighted by Gasteiger charge is -2.42. The van der Waals surface area contributed by atoms with E-state index in [1.807, 2.05) is 19.9 Å². The van der Waals surface area contributed by atoms with Crippen molar-refractivity contribution in [2.24, 2.45) is 11.7 Å².